The molecule has 0 unspecified atom stereocenters. The van der Waals surface area contributed by atoms with Gasteiger partial charge in [-0.3, -0.25) is 4.79 Å². The van der Waals surface area contributed by atoms with E-state index in [1.807, 2.05) is 37.4 Å². The quantitative estimate of drug-likeness (QED) is 0.654. The van der Waals surface area contributed by atoms with E-state index in [9.17, 15) is 4.79 Å². The number of anilines is 2. The van der Waals surface area contributed by atoms with Crippen LogP contribution in [0.3, 0.4) is 0 Å². The number of carbonyl (C=O) groups excluding carboxylic acids is 1. The average Bonchev–Trinajstić information content (AvgIpc) is 2.47. The highest BCUT2D eigenvalue weighted by atomic mass is 32.2. The molecule has 5 heteroatoms. The van der Waals surface area contributed by atoms with Crippen molar-refractivity contribution in [2.45, 2.75) is 11.8 Å². The molecule has 2 aromatic carbocycles. The fourth-order valence-corrected chi connectivity index (χ4v) is 2.50. The summed E-state index contributed by atoms with van der Waals surface area (Å²) in [4.78, 5) is 13.4. The maximum absolute atomic E-state index is 12.4. The summed E-state index contributed by atoms with van der Waals surface area (Å²) in [6.45, 7) is 2.41. The van der Waals surface area contributed by atoms with E-state index in [-0.39, 0.29) is 5.91 Å². The molecular weight excluding hydrogens is 284 g/mol. The standard InChI is InChI=1S/C16H18N2O2S/c1-3-20-13-9-11(8-12(17)10-13)16(19)18-14-6-4-5-7-15(14)21-2/h4-10H,3,17H2,1-2H3,(H,18,19). The van der Waals surface area contributed by atoms with Gasteiger partial charge in [-0.25, -0.2) is 0 Å². The van der Waals surface area contributed by atoms with Gasteiger partial charge in [0.1, 0.15) is 5.75 Å². The van der Waals surface area contributed by atoms with Gasteiger partial charge in [0.2, 0.25) is 0 Å². The van der Waals surface area contributed by atoms with Gasteiger partial charge in [0.05, 0.1) is 12.3 Å². The second-order valence-corrected chi connectivity index (χ2v) is 5.23. The third kappa shape index (κ3) is 3.92. The van der Waals surface area contributed by atoms with E-state index in [4.69, 9.17) is 10.5 Å². The molecule has 21 heavy (non-hydrogen) atoms. The largest absolute Gasteiger partial charge is 0.494 e. The van der Waals surface area contributed by atoms with Gasteiger partial charge in [0.25, 0.3) is 5.91 Å². The molecule has 4 nitrogen and oxygen atoms in total. The van der Waals surface area contributed by atoms with Crippen LogP contribution in [0.25, 0.3) is 0 Å². The van der Waals surface area contributed by atoms with Crippen LogP contribution in [0.1, 0.15) is 17.3 Å². The second kappa shape index (κ2) is 7.04. The molecule has 0 spiro atoms. The van der Waals surface area contributed by atoms with Crippen LogP contribution in [0, 0.1) is 0 Å². The Morgan fingerprint density at radius 3 is 2.76 bits per heavy atom. The fraction of sp³-hybridized carbons (Fsp3) is 0.188. The molecular formula is C16H18N2O2S. The third-order valence-corrected chi connectivity index (χ3v) is 3.65. The van der Waals surface area contributed by atoms with Crippen LogP contribution in [-0.2, 0) is 0 Å². The number of amides is 1. The van der Waals surface area contributed by atoms with Crippen molar-refractivity contribution in [3.63, 3.8) is 0 Å². The normalized spacial score (nSPS) is 10.2. The Labute approximate surface area is 128 Å². The van der Waals surface area contributed by atoms with Crippen molar-refractivity contribution in [1.82, 2.24) is 0 Å². The van der Waals surface area contributed by atoms with Gasteiger partial charge < -0.3 is 15.8 Å². The molecule has 110 valence electrons. The first kappa shape index (κ1) is 15.3. The average molecular weight is 302 g/mol. The van der Waals surface area contributed by atoms with E-state index in [1.54, 1.807) is 30.0 Å². The maximum atomic E-state index is 12.4. The van der Waals surface area contributed by atoms with E-state index >= 15 is 0 Å². The molecule has 2 rings (SSSR count). The lowest BCUT2D eigenvalue weighted by atomic mass is 10.1. The second-order valence-electron chi connectivity index (χ2n) is 4.38. The molecule has 1 amide bonds. The van der Waals surface area contributed by atoms with Crippen LogP contribution in [0.15, 0.2) is 47.4 Å². The molecule has 2 aromatic rings. The lowest BCUT2D eigenvalue weighted by Crippen LogP contribution is -2.13. The first-order valence-electron chi connectivity index (χ1n) is 6.61. The minimum atomic E-state index is -0.204. The van der Waals surface area contributed by atoms with Crippen LogP contribution >= 0.6 is 11.8 Å². The number of rotatable bonds is 5. The van der Waals surface area contributed by atoms with E-state index in [2.05, 4.69) is 5.32 Å². The van der Waals surface area contributed by atoms with Crippen molar-refractivity contribution >= 4 is 29.0 Å². The van der Waals surface area contributed by atoms with Crippen molar-refractivity contribution in [2.24, 2.45) is 0 Å². The van der Waals surface area contributed by atoms with Crippen LogP contribution in [0.5, 0.6) is 5.75 Å². The Bertz CT molecular complexity index is 644. The van der Waals surface area contributed by atoms with Gasteiger partial charge in [0.15, 0.2) is 0 Å². The third-order valence-electron chi connectivity index (χ3n) is 2.86. The number of thioether (sulfide) groups is 1. The fourth-order valence-electron chi connectivity index (χ4n) is 1.95. The zero-order chi connectivity index (χ0) is 15.2. The minimum Gasteiger partial charge on any atom is -0.494 e. The van der Waals surface area contributed by atoms with Gasteiger partial charge >= 0.3 is 0 Å². The minimum absolute atomic E-state index is 0.204. The summed E-state index contributed by atoms with van der Waals surface area (Å²) in [6, 6.07) is 12.7. The highest BCUT2D eigenvalue weighted by Gasteiger charge is 2.11. The summed E-state index contributed by atoms with van der Waals surface area (Å²) in [5.74, 6) is 0.394. The molecule has 0 aliphatic heterocycles. The maximum Gasteiger partial charge on any atom is 0.255 e. The van der Waals surface area contributed by atoms with Gasteiger partial charge in [-0.05, 0) is 37.4 Å². The van der Waals surface area contributed by atoms with E-state index in [1.165, 1.54) is 0 Å². The summed E-state index contributed by atoms with van der Waals surface area (Å²) in [6.07, 6.45) is 1.97. The van der Waals surface area contributed by atoms with Crippen molar-refractivity contribution in [3.8, 4) is 5.75 Å². The highest BCUT2D eigenvalue weighted by Crippen LogP contribution is 2.26. The number of nitrogen functional groups attached to an aromatic ring is 1. The predicted molar refractivity (Wildman–Crippen MR) is 88.2 cm³/mol. The highest BCUT2D eigenvalue weighted by molar-refractivity contribution is 7.98. The van der Waals surface area contributed by atoms with E-state index in [0.29, 0.717) is 23.6 Å². The molecule has 0 aliphatic rings. The number of hydrogen-bond acceptors (Lipinski definition) is 4. The van der Waals surface area contributed by atoms with Crippen LogP contribution in [0.2, 0.25) is 0 Å². The van der Waals surface area contributed by atoms with Gasteiger partial charge in [0, 0.05) is 22.2 Å². The zero-order valence-corrected chi connectivity index (χ0v) is 12.9. The molecule has 0 aromatic heterocycles. The van der Waals surface area contributed by atoms with Gasteiger partial charge in [-0.1, -0.05) is 12.1 Å². The summed E-state index contributed by atoms with van der Waals surface area (Å²) in [5, 5.41) is 2.90. The number of ether oxygens (including phenoxy) is 1. The van der Waals surface area contributed by atoms with Gasteiger partial charge in [-0.15, -0.1) is 11.8 Å². The summed E-state index contributed by atoms with van der Waals surface area (Å²) in [7, 11) is 0. The predicted octanol–water partition coefficient (Wildman–Crippen LogP) is 3.64. The van der Waals surface area contributed by atoms with Crippen molar-refractivity contribution in [1.29, 1.82) is 0 Å². The topological polar surface area (TPSA) is 64.3 Å². The SMILES string of the molecule is CCOc1cc(N)cc(C(=O)Nc2ccccc2SC)c1. The monoisotopic (exact) mass is 302 g/mol. The number of benzene rings is 2. The van der Waals surface area contributed by atoms with Crippen molar-refractivity contribution in [3.05, 3.63) is 48.0 Å². The first-order chi connectivity index (χ1) is 10.1. The molecule has 0 aliphatic carbocycles. The molecule has 0 saturated carbocycles. The smallest absolute Gasteiger partial charge is 0.255 e. The Morgan fingerprint density at radius 1 is 1.29 bits per heavy atom. The van der Waals surface area contributed by atoms with Crippen molar-refractivity contribution in [2.75, 3.05) is 23.9 Å². The van der Waals surface area contributed by atoms with Gasteiger partial charge in [-0.2, -0.15) is 0 Å². The number of nitrogens with two attached hydrogens (primary N) is 1. The van der Waals surface area contributed by atoms with Crippen molar-refractivity contribution < 1.29 is 9.53 Å². The Balaban J connectivity index is 2.24. The van der Waals surface area contributed by atoms with E-state index in [0.717, 1.165) is 10.6 Å². The number of hydrogen-bond donors (Lipinski definition) is 2. The zero-order valence-electron chi connectivity index (χ0n) is 12.1. The van der Waals surface area contributed by atoms with E-state index < -0.39 is 0 Å². The first-order valence-corrected chi connectivity index (χ1v) is 7.84. The van der Waals surface area contributed by atoms with Crippen LogP contribution in [-0.4, -0.2) is 18.8 Å². The summed E-state index contributed by atoms with van der Waals surface area (Å²) in [5.41, 5.74) is 7.59. The molecule has 3 N–H and O–H groups in total. The molecule has 0 atom stereocenters. The lowest BCUT2D eigenvalue weighted by Gasteiger charge is -2.11. The molecule has 0 bridgehead atoms. The number of para-hydroxylation sites is 1. The Morgan fingerprint density at radius 2 is 2.05 bits per heavy atom. The van der Waals surface area contributed by atoms with Crippen LogP contribution < -0.4 is 15.8 Å². The number of carbonyl (C=O) groups is 1. The number of nitrogens with one attached hydrogen (secondary N) is 1. The van der Waals surface area contributed by atoms with Crippen LogP contribution in [0.4, 0.5) is 11.4 Å². The molecule has 0 heterocycles. The molecule has 0 saturated heterocycles. The lowest BCUT2D eigenvalue weighted by molar-refractivity contribution is 0.102. The molecule has 0 radical (unpaired) electrons. The summed E-state index contributed by atoms with van der Waals surface area (Å²) < 4.78 is 5.41. The Hall–Kier alpha value is -2.14. The summed E-state index contributed by atoms with van der Waals surface area (Å²) >= 11 is 1.58. The Kier molecular flexibility index (Phi) is 5.11. The molecule has 0 fully saturated rings.